The highest BCUT2D eigenvalue weighted by Gasteiger charge is 2.30. The van der Waals surface area contributed by atoms with Crippen molar-refractivity contribution in [3.05, 3.63) is 65.0 Å². The van der Waals surface area contributed by atoms with Crippen LogP contribution in [0.15, 0.2) is 53.9 Å². The van der Waals surface area contributed by atoms with Crippen molar-refractivity contribution >= 4 is 22.2 Å². The molecule has 0 atom stereocenters. The van der Waals surface area contributed by atoms with Crippen LogP contribution in [0.5, 0.6) is 0 Å². The molecule has 2 nitrogen and oxygen atoms in total. The summed E-state index contributed by atoms with van der Waals surface area (Å²) in [5.74, 6) is 0. The van der Waals surface area contributed by atoms with E-state index < -0.39 is 11.7 Å². The summed E-state index contributed by atoms with van der Waals surface area (Å²) < 4.78 is 38.2. The summed E-state index contributed by atoms with van der Waals surface area (Å²) in [5.41, 5.74) is 2.61. The molecule has 1 aromatic heterocycles. The lowest BCUT2D eigenvalue weighted by molar-refractivity contribution is -0.137. The predicted octanol–water partition coefficient (Wildman–Crippen LogP) is 5.88. The second-order valence-corrected chi connectivity index (χ2v) is 5.97. The fourth-order valence-electron chi connectivity index (χ4n) is 2.08. The maximum Gasteiger partial charge on any atom is 0.416 e. The number of thiazole rings is 1. The van der Waals surface area contributed by atoms with E-state index in [9.17, 15) is 13.2 Å². The Balaban J connectivity index is 1.81. The van der Waals surface area contributed by atoms with Gasteiger partial charge in [0.15, 0.2) is 5.13 Å². The Labute approximate surface area is 135 Å². The summed E-state index contributed by atoms with van der Waals surface area (Å²) in [5, 5.41) is 5.36. The molecule has 2 aromatic carbocycles. The van der Waals surface area contributed by atoms with Crippen molar-refractivity contribution in [2.75, 3.05) is 5.32 Å². The number of hydrogen-bond donors (Lipinski definition) is 1. The van der Waals surface area contributed by atoms with Gasteiger partial charge in [0.2, 0.25) is 0 Å². The number of aromatic nitrogens is 1. The van der Waals surface area contributed by atoms with Crippen molar-refractivity contribution in [1.29, 1.82) is 0 Å². The number of nitrogens with zero attached hydrogens (tertiary/aromatic N) is 1. The number of aryl methyl sites for hydroxylation is 1. The van der Waals surface area contributed by atoms with Gasteiger partial charge in [0.25, 0.3) is 0 Å². The van der Waals surface area contributed by atoms with Crippen molar-refractivity contribution in [3.63, 3.8) is 0 Å². The van der Waals surface area contributed by atoms with Gasteiger partial charge in [-0.2, -0.15) is 13.2 Å². The van der Waals surface area contributed by atoms with Crippen LogP contribution in [-0.2, 0) is 6.18 Å². The van der Waals surface area contributed by atoms with Crippen LogP contribution in [0.3, 0.4) is 0 Å². The number of nitrogens with one attached hydrogen (secondary N) is 1. The summed E-state index contributed by atoms with van der Waals surface area (Å²) in [6.45, 7) is 2.01. The Morgan fingerprint density at radius 2 is 1.78 bits per heavy atom. The van der Waals surface area contributed by atoms with Crippen LogP contribution >= 0.6 is 11.3 Å². The predicted molar refractivity (Wildman–Crippen MR) is 87.0 cm³/mol. The Bertz CT molecular complexity index is 807. The molecule has 0 amide bonds. The van der Waals surface area contributed by atoms with E-state index in [0.717, 1.165) is 29.0 Å². The molecule has 3 rings (SSSR count). The molecule has 6 heteroatoms. The molecule has 3 aromatic rings. The molecule has 1 N–H and O–H groups in total. The quantitative estimate of drug-likeness (QED) is 0.647. The SMILES string of the molecule is Cc1ccc(-c2csc(Nc3cccc(C(F)(F)F)c3)n2)cc1. The lowest BCUT2D eigenvalue weighted by atomic mass is 10.1. The van der Waals surface area contributed by atoms with Gasteiger partial charge < -0.3 is 5.32 Å². The zero-order chi connectivity index (χ0) is 16.4. The van der Waals surface area contributed by atoms with Crippen molar-refractivity contribution in [2.24, 2.45) is 0 Å². The number of hydrogen-bond acceptors (Lipinski definition) is 3. The van der Waals surface area contributed by atoms with E-state index in [-0.39, 0.29) is 0 Å². The monoisotopic (exact) mass is 334 g/mol. The van der Waals surface area contributed by atoms with Gasteiger partial charge in [-0.1, -0.05) is 35.9 Å². The van der Waals surface area contributed by atoms with Crippen LogP contribution < -0.4 is 5.32 Å². The average Bonchev–Trinajstić information content (AvgIpc) is 2.96. The molecule has 0 spiro atoms. The third-order valence-corrected chi connectivity index (χ3v) is 4.05. The highest BCUT2D eigenvalue weighted by atomic mass is 32.1. The van der Waals surface area contributed by atoms with Crippen LogP contribution in [0.2, 0.25) is 0 Å². The van der Waals surface area contributed by atoms with E-state index in [1.165, 1.54) is 17.4 Å². The fraction of sp³-hybridized carbons (Fsp3) is 0.118. The summed E-state index contributed by atoms with van der Waals surface area (Å²) in [4.78, 5) is 4.42. The third kappa shape index (κ3) is 3.71. The van der Waals surface area contributed by atoms with E-state index in [1.54, 1.807) is 6.07 Å². The minimum Gasteiger partial charge on any atom is -0.332 e. The first-order valence-electron chi connectivity index (χ1n) is 6.89. The molecule has 0 bridgehead atoms. The summed E-state index contributed by atoms with van der Waals surface area (Å²) in [7, 11) is 0. The topological polar surface area (TPSA) is 24.9 Å². The molecule has 0 fully saturated rings. The first-order valence-corrected chi connectivity index (χ1v) is 7.77. The van der Waals surface area contributed by atoms with Gasteiger partial charge in [0, 0.05) is 16.6 Å². The van der Waals surface area contributed by atoms with Crippen molar-refractivity contribution in [3.8, 4) is 11.3 Å². The molecular formula is C17H13F3N2S. The van der Waals surface area contributed by atoms with E-state index >= 15 is 0 Å². The van der Waals surface area contributed by atoms with Gasteiger partial charge in [-0.25, -0.2) is 4.98 Å². The summed E-state index contributed by atoms with van der Waals surface area (Å²) in [6.07, 6.45) is -4.35. The number of anilines is 2. The van der Waals surface area contributed by atoms with Gasteiger partial charge in [-0.3, -0.25) is 0 Å². The molecular weight excluding hydrogens is 321 g/mol. The van der Waals surface area contributed by atoms with E-state index in [4.69, 9.17) is 0 Å². The smallest absolute Gasteiger partial charge is 0.332 e. The van der Waals surface area contributed by atoms with Crippen LogP contribution in [-0.4, -0.2) is 4.98 Å². The Morgan fingerprint density at radius 1 is 1.04 bits per heavy atom. The van der Waals surface area contributed by atoms with Crippen molar-refractivity contribution < 1.29 is 13.2 Å². The summed E-state index contributed by atoms with van der Waals surface area (Å²) in [6, 6.07) is 13.0. The van der Waals surface area contributed by atoms with Crippen LogP contribution in [0.1, 0.15) is 11.1 Å². The molecule has 0 saturated heterocycles. The molecule has 0 unspecified atom stereocenters. The molecule has 118 valence electrons. The van der Waals surface area contributed by atoms with Crippen LogP contribution in [0, 0.1) is 6.92 Å². The van der Waals surface area contributed by atoms with Crippen molar-refractivity contribution in [1.82, 2.24) is 4.98 Å². The first kappa shape index (κ1) is 15.6. The zero-order valence-electron chi connectivity index (χ0n) is 12.2. The molecule has 0 aliphatic rings. The highest BCUT2D eigenvalue weighted by molar-refractivity contribution is 7.14. The Hall–Kier alpha value is -2.34. The lowest BCUT2D eigenvalue weighted by Crippen LogP contribution is -2.05. The molecule has 0 aliphatic heterocycles. The van der Waals surface area contributed by atoms with E-state index in [0.29, 0.717) is 10.8 Å². The third-order valence-electron chi connectivity index (χ3n) is 3.29. The number of halogens is 3. The van der Waals surface area contributed by atoms with Gasteiger partial charge in [-0.05, 0) is 25.1 Å². The Kier molecular flexibility index (Phi) is 4.09. The van der Waals surface area contributed by atoms with Gasteiger partial charge in [0.1, 0.15) is 0 Å². The fourth-order valence-corrected chi connectivity index (χ4v) is 2.82. The molecule has 0 saturated carbocycles. The number of rotatable bonds is 3. The molecule has 0 aliphatic carbocycles. The maximum absolute atomic E-state index is 12.7. The number of benzene rings is 2. The second kappa shape index (κ2) is 6.04. The minimum atomic E-state index is -4.35. The van der Waals surface area contributed by atoms with Crippen LogP contribution in [0.25, 0.3) is 11.3 Å². The average molecular weight is 334 g/mol. The second-order valence-electron chi connectivity index (χ2n) is 5.11. The van der Waals surface area contributed by atoms with Gasteiger partial charge in [0.05, 0.1) is 11.3 Å². The summed E-state index contributed by atoms with van der Waals surface area (Å²) >= 11 is 1.35. The largest absolute Gasteiger partial charge is 0.416 e. The van der Waals surface area contributed by atoms with E-state index in [1.807, 2.05) is 36.6 Å². The molecule has 1 heterocycles. The maximum atomic E-state index is 12.7. The van der Waals surface area contributed by atoms with E-state index in [2.05, 4.69) is 10.3 Å². The molecule has 23 heavy (non-hydrogen) atoms. The highest BCUT2D eigenvalue weighted by Crippen LogP contribution is 2.32. The zero-order valence-corrected chi connectivity index (χ0v) is 13.0. The minimum absolute atomic E-state index is 0.365. The Morgan fingerprint density at radius 3 is 2.48 bits per heavy atom. The normalized spacial score (nSPS) is 11.5. The van der Waals surface area contributed by atoms with Gasteiger partial charge in [-0.15, -0.1) is 11.3 Å². The van der Waals surface area contributed by atoms with Gasteiger partial charge >= 0.3 is 6.18 Å². The first-order chi connectivity index (χ1) is 10.9. The molecule has 0 radical (unpaired) electrons. The van der Waals surface area contributed by atoms with Crippen LogP contribution in [0.4, 0.5) is 24.0 Å². The van der Waals surface area contributed by atoms with Crippen molar-refractivity contribution in [2.45, 2.75) is 13.1 Å². The lowest BCUT2D eigenvalue weighted by Gasteiger charge is -2.08. The number of alkyl halides is 3. The standard InChI is InChI=1S/C17H13F3N2S/c1-11-5-7-12(8-6-11)15-10-23-16(22-15)21-14-4-2-3-13(9-14)17(18,19)20/h2-10H,1H3,(H,21,22).